The van der Waals surface area contributed by atoms with Gasteiger partial charge in [-0.2, -0.15) is 0 Å². The van der Waals surface area contributed by atoms with Crippen LogP contribution in [0.25, 0.3) is 21.9 Å². The largest absolute Gasteiger partial charge is 0.456 e. The Labute approximate surface area is 185 Å². The van der Waals surface area contributed by atoms with E-state index in [4.69, 9.17) is 16.0 Å². The predicted octanol–water partition coefficient (Wildman–Crippen LogP) is 5.34. The maximum Gasteiger partial charge on any atom is 0.247 e. The zero-order valence-corrected chi connectivity index (χ0v) is 18.8. The van der Waals surface area contributed by atoms with Crippen molar-refractivity contribution < 1.29 is 17.6 Å². The Hall–Kier alpha value is -3.03. The second-order valence-corrected chi connectivity index (χ2v) is 9.76. The van der Waals surface area contributed by atoms with Crippen molar-refractivity contribution in [3.05, 3.63) is 71.2 Å². The van der Waals surface area contributed by atoms with Gasteiger partial charge in [-0.25, -0.2) is 8.42 Å². The molecule has 1 aromatic heterocycles. The van der Waals surface area contributed by atoms with E-state index in [-0.39, 0.29) is 0 Å². The van der Waals surface area contributed by atoms with E-state index < -0.39 is 22.0 Å². The monoisotopic (exact) mass is 456 g/mol. The van der Waals surface area contributed by atoms with Gasteiger partial charge in [0.15, 0.2) is 0 Å². The van der Waals surface area contributed by atoms with Crippen LogP contribution in [0.3, 0.4) is 0 Å². The maximum absolute atomic E-state index is 13.0. The van der Waals surface area contributed by atoms with Gasteiger partial charge < -0.3 is 9.73 Å². The van der Waals surface area contributed by atoms with Crippen molar-refractivity contribution >= 4 is 60.8 Å². The third-order valence-electron chi connectivity index (χ3n) is 5.14. The standard InChI is InChI=1S/C23H21ClN2O4S/c1-14-8-9-16(24)12-20(14)26(31(3,28)29)15(2)23(27)25-17-10-11-19-18-6-4-5-7-21(18)30-22(19)13-17/h4-13,15H,1-3H3,(H,25,27)/t15-/m1/s1. The number of nitrogens with one attached hydrogen (secondary N) is 1. The van der Waals surface area contributed by atoms with E-state index in [1.54, 1.807) is 37.3 Å². The number of anilines is 2. The zero-order chi connectivity index (χ0) is 22.3. The molecular weight excluding hydrogens is 436 g/mol. The SMILES string of the molecule is Cc1ccc(Cl)cc1N([C@H](C)C(=O)Nc1ccc2c(c1)oc1ccccc12)S(C)(=O)=O. The average Bonchev–Trinajstić information content (AvgIpc) is 3.07. The Morgan fingerprint density at radius 3 is 2.48 bits per heavy atom. The van der Waals surface area contributed by atoms with Crippen LogP contribution in [-0.4, -0.2) is 26.6 Å². The van der Waals surface area contributed by atoms with Gasteiger partial charge in [0.25, 0.3) is 0 Å². The highest BCUT2D eigenvalue weighted by molar-refractivity contribution is 7.92. The highest BCUT2D eigenvalue weighted by Gasteiger charge is 2.30. The van der Waals surface area contributed by atoms with Gasteiger partial charge in [-0.15, -0.1) is 0 Å². The number of hydrogen-bond donors (Lipinski definition) is 1. The summed E-state index contributed by atoms with van der Waals surface area (Å²) in [6.45, 7) is 3.31. The lowest BCUT2D eigenvalue weighted by Crippen LogP contribution is -2.45. The first-order chi connectivity index (χ1) is 14.6. The van der Waals surface area contributed by atoms with Crippen molar-refractivity contribution in [3.8, 4) is 0 Å². The summed E-state index contributed by atoms with van der Waals surface area (Å²) in [4.78, 5) is 13.0. The molecule has 0 aliphatic heterocycles. The fraction of sp³-hybridized carbons (Fsp3) is 0.174. The summed E-state index contributed by atoms with van der Waals surface area (Å²) >= 11 is 6.08. The highest BCUT2D eigenvalue weighted by atomic mass is 35.5. The summed E-state index contributed by atoms with van der Waals surface area (Å²) < 4.78 is 32.1. The van der Waals surface area contributed by atoms with Crippen LogP contribution in [0.15, 0.2) is 65.1 Å². The fourth-order valence-electron chi connectivity index (χ4n) is 3.65. The molecule has 4 rings (SSSR count). The molecule has 0 fully saturated rings. The minimum absolute atomic E-state index is 0.366. The first kappa shape index (κ1) is 21.2. The zero-order valence-electron chi connectivity index (χ0n) is 17.2. The lowest BCUT2D eigenvalue weighted by atomic mass is 10.1. The molecule has 0 saturated carbocycles. The second-order valence-electron chi connectivity index (χ2n) is 7.46. The van der Waals surface area contributed by atoms with E-state index in [9.17, 15) is 13.2 Å². The smallest absolute Gasteiger partial charge is 0.247 e. The topological polar surface area (TPSA) is 79.6 Å². The second kappa shape index (κ2) is 7.90. The van der Waals surface area contributed by atoms with Crippen molar-refractivity contribution in [2.45, 2.75) is 19.9 Å². The van der Waals surface area contributed by atoms with Gasteiger partial charge in [-0.1, -0.05) is 35.9 Å². The number of carbonyl (C=O) groups is 1. The number of nitrogens with zero attached hydrogens (tertiary/aromatic N) is 1. The number of amides is 1. The van der Waals surface area contributed by atoms with Crippen LogP contribution in [0.2, 0.25) is 5.02 Å². The van der Waals surface area contributed by atoms with Gasteiger partial charge in [0, 0.05) is 27.5 Å². The number of aryl methyl sites for hydroxylation is 1. The van der Waals surface area contributed by atoms with Crippen LogP contribution in [0.4, 0.5) is 11.4 Å². The quantitative estimate of drug-likeness (QED) is 0.439. The van der Waals surface area contributed by atoms with Gasteiger partial charge in [0.1, 0.15) is 17.2 Å². The minimum atomic E-state index is -3.75. The third-order valence-corrected chi connectivity index (χ3v) is 6.61. The van der Waals surface area contributed by atoms with Gasteiger partial charge in [0.2, 0.25) is 15.9 Å². The number of fused-ring (bicyclic) bond motifs is 3. The maximum atomic E-state index is 13.0. The van der Waals surface area contributed by atoms with Crippen LogP contribution in [-0.2, 0) is 14.8 Å². The van der Waals surface area contributed by atoms with Crippen LogP contribution in [0.5, 0.6) is 0 Å². The summed E-state index contributed by atoms with van der Waals surface area (Å²) in [5.74, 6) is -0.472. The Morgan fingerprint density at radius 2 is 1.74 bits per heavy atom. The van der Waals surface area contributed by atoms with Crippen LogP contribution in [0, 0.1) is 6.92 Å². The minimum Gasteiger partial charge on any atom is -0.456 e. The molecule has 1 atom stereocenters. The van der Waals surface area contributed by atoms with E-state index >= 15 is 0 Å². The predicted molar refractivity (Wildman–Crippen MR) is 125 cm³/mol. The number of furan rings is 1. The van der Waals surface area contributed by atoms with E-state index in [0.29, 0.717) is 27.5 Å². The van der Waals surface area contributed by atoms with Crippen LogP contribution < -0.4 is 9.62 Å². The molecule has 0 spiro atoms. The lowest BCUT2D eigenvalue weighted by molar-refractivity contribution is -0.116. The summed E-state index contributed by atoms with van der Waals surface area (Å²) in [6, 6.07) is 17.0. The summed E-state index contributed by atoms with van der Waals surface area (Å²) in [5.41, 5.74) is 2.97. The molecule has 3 aromatic carbocycles. The molecule has 0 aliphatic carbocycles. The Kier molecular flexibility index (Phi) is 5.41. The van der Waals surface area contributed by atoms with E-state index in [0.717, 1.165) is 26.9 Å². The van der Waals surface area contributed by atoms with Crippen molar-refractivity contribution in [2.24, 2.45) is 0 Å². The number of benzene rings is 3. The van der Waals surface area contributed by atoms with Crippen molar-refractivity contribution in [1.29, 1.82) is 0 Å². The van der Waals surface area contributed by atoms with Gasteiger partial charge in [-0.3, -0.25) is 9.10 Å². The summed E-state index contributed by atoms with van der Waals surface area (Å²) in [7, 11) is -3.75. The molecule has 8 heteroatoms. The van der Waals surface area contributed by atoms with Gasteiger partial charge in [-0.05, 0) is 49.7 Å². The molecule has 160 valence electrons. The fourth-order valence-corrected chi connectivity index (χ4v) is 5.04. The number of para-hydroxylation sites is 1. The van der Waals surface area contributed by atoms with Crippen molar-refractivity contribution in [1.82, 2.24) is 0 Å². The molecule has 1 N–H and O–H groups in total. The molecule has 0 unspecified atom stereocenters. The first-order valence-electron chi connectivity index (χ1n) is 9.63. The average molecular weight is 457 g/mol. The van der Waals surface area contributed by atoms with E-state index in [1.807, 2.05) is 30.3 Å². The third kappa shape index (κ3) is 4.11. The first-order valence-corrected chi connectivity index (χ1v) is 11.9. The van der Waals surface area contributed by atoms with E-state index in [2.05, 4.69) is 5.32 Å². The van der Waals surface area contributed by atoms with Gasteiger partial charge >= 0.3 is 0 Å². The number of hydrogen-bond acceptors (Lipinski definition) is 4. The summed E-state index contributed by atoms with van der Waals surface area (Å²) in [6.07, 6.45) is 1.07. The highest BCUT2D eigenvalue weighted by Crippen LogP contribution is 2.31. The van der Waals surface area contributed by atoms with Crippen LogP contribution >= 0.6 is 11.6 Å². The molecule has 31 heavy (non-hydrogen) atoms. The Bertz CT molecular complexity index is 1410. The normalized spacial score (nSPS) is 12.8. The Balaban J connectivity index is 1.66. The van der Waals surface area contributed by atoms with Gasteiger partial charge in [0.05, 0.1) is 11.9 Å². The van der Waals surface area contributed by atoms with Crippen LogP contribution in [0.1, 0.15) is 12.5 Å². The molecule has 6 nitrogen and oxygen atoms in total. The summed E-state index contributed by atoms with van der Waals surface area (Å²) in [5, 5.41) is 5.11. The molecule has 0 bridgehead atoms. The van der Waals surface area contributed by atoms with Crippen molar-refractivity contribution in [3.63, 3.8) is 0 Å². The molecule has 1 heterocycles. The number of halogens is 1. The van der Waals surface area contributed by atoms with E-state index in [1.165, 1.54) is 6.92 Å². The molecule has 4 aromatic rings. The Morgan fingerprint density at radius 1 is 1.03 bits per heavy atom. The molecule has 0 aliphatic rings. The number of carbonyl (C=O) groups excluding carboxylic acids is 1. The number of sulfonamides is 1. The number of rotatable bonds is 5. The molecule has 0 saturated heterocycles. The lowest BCUT2D eigenvalue weighted by Gasteiger charge is -2.29. The molecule has 0 radical (unpaired) electrons. The van der Waals surface area contributed by atoms with Crippen molar-refractivity contribution in [2.75, 3.05) is 15.9 Å². The molecular formula is C23H21ClN2O4S. The molecule has 1 amide bonds.